The Morgan fingerprint density at radius 1 is 1.30 bits per heavy atom. The van der Waals surface area contributed by atoms with Crippen molar-refractivity contribution in [1.29, 1.82) is 0 Å². The number of hydrogen-bond donors (Lipinski definition) is 1. The van der Waals surface area contributed by atoms with Crippen molar-refractivity contribution in [3.05, 3.63) is 18.2 Å². The van der Waals surface area contributed by atoms with E-state index in [0.717, 1.165) is 43.0 Å². The zero-order chi connectivity index (χ0) is 14.5. The van der Waals surface area contributed by atoms with Crippen molar-refractivity contribution >= 4 is 17.0 Å². The summed E-state index contributed by atoms with van der Waals surface area (Å²) >= 11 is 0. The lowest BCUT2D eigenvalue weighted by Crippen LogP contribution is -2.28. The molecule has 20 heavy (non-hydrogen) atoms. The Bertz CT molecular complexity index is 564. The highest BCUT2D eigenvalue weighted by Gasteiger charge is 2.10. The topological polar surface area (TPSA) is 56.3 Å². The molecule has 0 unspecified atom stereocenters. The van der Waals surface area contributed by atoms with Crippen LogP contribution in [-0.4, -0.2) is 41.2 Å². The van der Waals surface area contributed by atoms with Crippen LogP contribution in [0.4, 0.5) is 5.95 Å². The summed E-state index contributed by atoms with van der Waals surface area (Å²) in [6, 6.07) is 5.89. The summed E-state index contributed by atoms with van der Waals surface area (Å²) in [5.41, 5.74) is 7.99. The highest BCUT2D eigenvalue weighted by molar-refractivity contribution is 5.79. The van der Waals surface area contributed by atoms with Crippen molar-refractivity contribution in [2.24, 2.45) is 0 Å². The number of nitrogens with zero attached hydrogens (tertiary/aromatic N) is 3. The van der Waals surface area contributed by atoms with E-state index in [2.05, 4.69) is 28.3 Å². The molecule has 0 spiro atoms. The molecule has 2 N–H and O–H groups in total. The minimum absolute atomic E-state index is 0.570. The van der Waals surface area contributed by atoms with Gasteiger partial charge in [0, 0.05) is 19.2 Å². The molecule has 0 aliphatic carbocycles. The van der Waals surface area contributed by atoms with Crippen LogP contribution in [0.15, 0.2) is 18.2 Å². The minimum Gasteiger partial charge on any atom is -0.497 e. The lowest BCUT2D eigenvalue weighted by molar-refractivity contribution is 0.278. The first-order valence-corrected chi connectivity index (χ1v) is 7.21. The fraction of sp³-hybridized carbons (Fsp3) is 0.533. The van der Waals surface area contributed by atoms with Crippen LogP contribution in [0.2, 0.25) is 0 Å². The molecule has 0 amide bonds. The third-order valence-electron chi connectivity index (χ3n) is 3.61. The summed E-state index contributed by atoms with van der Waals surface area (Å²) < 4.78 is 7.30. The van der Waals surface area contributed by atoms with Gasteiger partial charge < -0.3 is 19.9 Å². The van der Waals surface area contributed by atoms with E-state index >= 15 is 0 Å². The molecule has 5 heteroatoms. The average Bonchev–Trinajstić information content (AvgIpc) is 2.78. The fourth-order valence-electron chi connectivity index (χ4n) is 2.48. The summed E-state index contributed by atoms with van der Waals surface area (Å²) in [6.07, 6.45) is 1.17. The Hall–Kier alpha value is -1.75. The van der Waals surface area contributed by atoms with Gasteiger partial charge in [-0.25, -0.2) is 4.98 Å². The van der Waals surface area contributed by atoms with Crippen molar-refractivity contribution in [2.75, 3.05) is 32.5 Å². The first-order valence-electron chi connectivity index (χ1n) is 7.21. The molecule has 0 aliphatic heterocycles. The van der Waals surface area contributed by atoms with Gasteiger partial charge in [0.15, 0.2) is 0 Å². The largest absolute Gasteiger partial charge is 0.497 e. The molecule has 1 aromatic heterocycles. The monoisotopic (exact) mass is 276 g/mol. The second-order valence-corrected chi connectivity index (χ2v) is 4.91. The van der Waals surface area contributed by atoms with Gasteiger partial charge in [0.25, 0.3) is 0 Å². The van der Waals surface area contributed by atoms with E-state index < -0.39 is 0 Å². The summed E-state index contributed by atoms with van der Waals surface area (Å²) in [6.45, 7) is 8.44. The second-order valence-electron chi connectivity index (χ2n) is 4.91. The van der Waals surface area contributed by atoms with Gasteiger partial charge in [-0.3, -0.25) is 0 Å². The number of nitrogen functional groups attached to an aromatic ring is 1. The maximum absolute atomic E-state index is 6.04. The Morgan fingerprint density at radius 3 is 2.75 bits per heavy atom. The quantitative estimate of drug-likeness (QED) is 0.843. The van der Waals surface area contributed by atoms with E-state index in [-0.39, 0.29) is 0 Å². The molecule has 110 valence electrons. The van der Waals surface area contributed by atoms with Gasteiger partial charge in [-0.05, 0) is 31.6 Å². The number of fused-ring (bicyclic) bond motifs is 1. The molecule has 0 fully saturated rings. The van der Waals surface area contributed by atoms with E-state index in [9.17, 15) is 0 Å². The number of aromatic nitrogens is 2. The molecule has 0 radical (unpaired) electrons. The molecule has 2 rings (SSSR count). The van der Waals surface area contributed by atoms with Gasteiger partial charge in [0.2, 0.25) is 5.95 Å². The SMILES string of the molecule is CCCN(CC)CCn1c(N)nc2cc(OC)ccc21. The van der Waals surface area contributed by atoms with Crippen LogP contribution in [0.25, 0.3) is 11.0 Å². The number of hydrogen-bond acceptors (Lipinski definition) is 4. The molecule has 5 nitrogen and oxygen atoms in total. The number of nitrogens with two attached hydrogens (primary N) is 1. The molecular formula is C15H24N4O. The normalized spacial score (nSPS) is 11.4. The molecule has 0 aliphatic rings. The second kappa shape index (κ2) is 6.61. The summed E-state index contributed by atoms with van der Waals surface area (Å²) in [4.78, 5) is 6.84. The standard InChI is InChI=1S/C15H24N4O/c1-4-8-18(5-2)9-10-19-14-7-6-12(20-3)11-13(14)17-15(19)16/h6-7,11H,4-5,8-10H2,1-3H3,(H2,16,17). The highest BCUT2D eigenvalue weighted by Crippen LogP contribution is 2.22. The van der Waals surface area contributed by atoms with Gasteiger partial charge >= 0.3 is 0 Å². The Labute approximate surface area is 120 Å². The van der Waals surface area contributed by atoms with Gasteiger partial charge in [0.05, 0.1) is 18.1 Å². The lowest BCUT2D eigenvalue weighted by Gasteiger charge is -2.20. The van der Waals surface area contributed by atoms with Crippen LogP contribution in [0.3, 0.4) is 0 Å². The third kappa shape index (κ3) is 3.04. The van der Waals surface area contributed by atoms with E-state index in [1.807, 2.05) is 18.2 Å². The number of benzene rings is 1. The van der Waals surface area contributed by atoms with Gasteiger partial charge in [-0.1, -0.05) is 13.8 Å². The predicted molar refractivity (Wildman–Crippen MR) is 83.1 cm³/mol. The maximum Gasteiger partial charge on any atom is 0.201 e. The Morgan fingerprint density at radius 2 is 2.10 bits per heavy atom. The first kappa shape index (κ1) is 14.7. The first-order chi connectivity index (χ1) is 9.69. The number of anilines is 1. The molecule has 0 atom stereocenters. The summed E-state index contributed by atoms with van der Waals surface area (Å²) in [5.74, 6) is 1.38. The number of rotatable bonds is 7. The highest BCUT2D eigenvalue weighted by atomic mass is 16.5. The van der Waals surface area contributed by atoms with Crippen molar-refractivity contribution in [2.45, 2.75) is 26.8 Å². The molecule has 1 aromatic carbocycles. The predicted octanol–water partition coefficient (Wildman–Crippen LogP) is 2.36. The number of imidazole rings is 1. The summed E-state index contributed by atoms with van der Waals surface area (Å²) in [5, 5.41) is 0. The van der Waals surface area contributed by atoms with Gasteiger partial charge in [0.1, 0.15) is 5.75 Å². The third-order valence-corrected chi connectivity index (χ3v) is 3.61. The van der Waals surface area contributed by atoms with Crippen molar-refractivity contribution in [1.82, 2.24) is 14.5 Å². The van der Waals surface area contributed by atoms with E-state index in [1.54, 1.807) is 7.11 Å². The van der Waals surface area contributed by atoms with Crippen LogP contribution in [0.1, 0.15) is 20.3 Å². The molecule has 0 saturated heterocycles. The Kier molecular flexibility index (Phi) is 4.84. The van der Waals surface area contributed by atoms with Crippen molar-refractivity contribution in [3.8, 4) is 5.75 Å². The summed E-state index contributed by atoms with van der Waals surface area (Å²) in [7, 11) is 1.66. The molecule has 0 saturated carbocycles. The molecule has 2 aromatic rings. The zero-order valence-corrected chi connectivity index (χ0v) is 12.6. The van der Waals surface area contributed by atoms with Crippen LogP contribution in [-0.2, 0) is 6.54 Å². The fourth-order valence-corrected chi connectivity index (χ4v) is 2.48. The van der Waals surface area contributed by atoms with Crippen molar-refractivity contribution < 1.29 is 4.74 Å². The average molecular weight is 276 g/mol. The molecule has 1 heterocycles. The smallest absolute Gasteiger partial charge is 0.201 e. The Balaban J connectivity index is 2.19. The minimum atomic E-state index is 0.570. The number of likely N-dealkylation sites (N-methyl/N-ethyl adjacent to an activating group) is 1. The zero-order valence-electron chi connectivity index (χ0n) is 12.6. The van der Waals surface area contributed by atoms with E-state index in [1.165, 1.54) is 6.42 Å². The number of ether oxygens (including phenoxy) is 1. The number of methoxy groups -OCH3 is 1. The van der Waals surface area contributed by atoms with Crippen LogP contribution in [0, 0.1) is 0 Å². The van der Waals surface area contributed by atoms with Crippen molar-refractivity contribution in [3.63, 3.8) is 0 Å². The molecular weight excluding hydrogens is 252 g/mol. The maximum atomic E-state index is 6.04. The van der Waals surface area contributed by atoms with E-state index in [4.69, 9.17) is 10.5 Å². The van der Waals surface area contributed by atoms with Crippen LogP contribution < -0.4 is 10.5 Å². The molecule has 0 bridgehead atoms. The lowest BCUT2D eigenvalue weighted by atomic mass is 10.3. The van der Waals surface area contributed by atoms with E-state index in [0.29, 0.717) is 5.95 Å². The van der Waals surface area contributed by atoms with Crippen LogP contribution in [0.5, 0.6) is 5.75 Å². The van der Waals surface area contributed by atoms with Crippen LogP contribution >= 0.6 is 0 Å². The van der Waals surface area contributed by atoms with Gasteiger partial charge in [-0.15, -0.1) is 0 Å². The van der Waals surface area contributed by atoms with Gasteiger partial charge in [-0.2, -0.15) is 0 Å².